The molecule has 2 nitrogen and oxygen atoms in total. The summed E-state index contributed by atoms with van der Waals surface area (Å²) in [5.74, 6) is 1.63. The van der Waals surface area contributed by atoms with E-state index >= 15 is 0 Å². The maximum Gasteiger partial charge on any atom is 0.124 e. The fourth-order valence-electron chi connectivity index (χ4n) is 1.22. The second-order valence-electron chi connectivity index (χ2n) is 3.58. The number of hydrogen-bond donors (Lipinski definition) is 0. The minimum absolute atomic E-state index is 0.485. The number of aromatic nitrogens is 2. The predicted molar refractivity (Wildman–Crippen MR) is 54.4 cm³/mol. The first-order valence-corrected chi connectivity index (χ1v) is 5.06. The molecule has 68 valence electrons. The molecule has 1 aromatic rings. The largest absolute Gasteiger partial charge is 0.331 e. The Morgan fingerprint density at radius 3 is 2.25 bits per heavy atom. The van der Waals surface area contributed by atoms with Gasteiger partial charge >= 0.3 is 0 Å². The lowest BCUT2D eigenvalue weighted by atomic mass is 10.2. The summed E-state index contributed by atoms with van der Waals surface area (Å²) in [7, 11) is 0. The fraction of sp³-hybridized carbons (Fsp3) is 0.667. The minimum Gasteiger partial charge on any atom is -0.331 e. The minimum atomic E-state index is 0.485. The van der Waals surface area contributed by atoms with E-state index in [9.17, 15) is 0 Å². The molecule has 1 heterocycles. The molecule has 1 rings (SSSR count). The molecule has 0 aliphatic carbocycles. The first kappa shape index (κ1) is 9.78. The lowest BCUT2D eigenvalue weighted by Crippen LogP contribution is -2.06. The number of imidazole rings is 1. The summed E-state index contributed by atoms with van der Waals surface area (Å²) in [5, 5.41) is 0. The molecule has 0 unspecified atom stereocenters. The summed E-state index contributed by atoms with van der Waals surface area (Å²) in [4.78, 5) is 4.41. The highest BCUT2D eigenvalue weighted by atomic mass is 79.9. The van der Waals surface area contributed by atoms with E-state index in [0.717, 1.165) is 10.4 Å². The summed E-state index contributed by atoms with van der Waals surface area (Å²) in [6, 6.07) is 0.487. The zero-order chi connectivity index (χ0) is 9.30. The molecule has 12 heavy (non-hydrogen) atoms. The lowest BCUT2D eigenvalue weighted by Gasteiger charge is -2.12. The molecule has 0 fully saturated rings. The van der Waals surface area contributed by atoms with Crippen LogP contribution in [0.5, 0.6) is 0 Å². The molecule has 1 aromatic heterocycles. The van der Waals surface area contributed by atoms with Crippen LogP contribution in [0.1, 0.15) is 45.5 Å². The molecule has 0 bridgehead atoms. The van der Waals surface area contributed by atoms with Gasteiger partial charge in [0, 0.05) is 18.2 Å². The van der Waals surface area contributed by atoms with E-state index in [0.29, 0.717) is 12.0 Å². The maximum atomic E-state index is 4.41. The smallest absolute Gasteiger partial charge is 0.124 e. The average Bonchev–Trinajstić information content (AvgIpc) is 2.31. The van der Waals surface area contributed by atoms with Gasteiger partial charge in [-0.3, -0.25) is 0 Å². The van der Waals surface area contributed by atoms with Gasteiger partial charge in [0.1, 0.15) is 10.4 Å². The predicted octanol–water partition coefficient (Wildman–Crippen LogP) is 3.35. The van der Waals surface area contributed by atoms with E-state index in [1.54, 1.807) is 0 Å². The Kier molecular flexibility index (Phi) is 2.94. The molecule has 0 radical (unpaired) electrons. The van der Waals surface area contributed by atoms with Gasteiger partial charge in [0.15, 0.2) is 0 Å². The zero-order valence-electron chi connectivity index (χ0n) is 8.00. The molecule has 3 heteroatoms. The summed E-state index contributed by atoms with van der Waals surface area (Å²) < 4.78 is 3.13. The van der Waals surface area contributed by atoms with Crippen molar-refractivity contribution >= 4 is 15.9 Å². The normalized spacial score (nSPS) is 11.6. The molecule has 0 N–H and O–H groups in total. The second-order valence-corrected chi connectivity index (χ2v) is 4.39. The van der Waals surface area contributed by atoms with Crippen LogP contribution in [-0.4, -0.2) is 9.55 Å². The molecule has 0 aliphatic heterocycles. The Labute approximate surface area is 82.1 Å². The third-order valence-corrected chi connectivity index (χ3v) is 2.19. The van der Waals surface area contributed by atoms with E-state index in [2.05, 4.69) is 53.2 Å². The van der Waals surface area contributed by atoms with Crippen LogP contribution >= 0.6 is 15.9 Å². The van der Waals surface area contributed by atoms with Crippen molar-refractivity contribution in [3.05, 3.63) is 16.6 Å². The van der Waals surface area contributed by atoms with Gasteiger partial charge in [-0.25, -0.2) is 4.98 Å². The lowest BCUT2D eigenvalue weighted by molar-refractivity contribution is 0.550. The number of rotatable bonds is 2. The van der Waals surface area contributed by atoms with Crippen LogP contribution < -0.4 is 0 Å². The van der Waals surface area contributed by atoms with Gasteiger partial charge in [-0.2, -0.15) is 0 Å². The van der Waals surface area contributed by atoms with Gasteiger partial charge in [0.25, 0.3) is 0 Å². The van der Waals surface area contributed by atoms with E-state index in [-0.39, 0.29) is 0 Å². The quantitative estimate of drug-likeness (QED) is 0.763. The number of hydrogen-bond acceptors (Lipinski definition) is 1. The van der Waals surface area contributed by atoms with Crippen molar-refractivity contribution in [1.82, 2.24) is 9.55 Å². The SMILES string of the molecule is CC(C)c1nc(Br)cn1C(C)C. The molecule has 0 aliphatic rings. The van der Waals surface area contributed by atoms with Crippen molar-refractivity contribution in [2.24, 2.45) is 0 Å². The Bertz CT molecular complexity index is 238. The van der Waals surface area contributed by atoms with Crippen LogP contribution in [0.2, 0.25) is 0 Å². The van der Waals surface area contributed by atoms with E-state index in [4.69, 9.17) is 0 Å². The molecule has 0 spiro atoms. The number of nitrogens with zero attached hydrogens (tertiary/aromatic N) is 2. The van der Waals surface area contributed by atoms with E-state index in [1.165, 1.54) is 0 Å². The maximum absolute atomic E-state index is 4.41. The molecular weight excluding hydrogens is 216 g/mol. The highest BCUT2D eigenvalue weighted by Crippen LogP contribution is 2.21. The molecule has 0 saturated heterocycles. The van der Waals surface area contributed by atoms with Gasteiger partial charge in [0.05, 0.1) is 0 Å². The second kappa shape index (κ2) is 3.60. The van der Waals surface area contributed by atoms with Crippen LogP contribution in [0.25, 0.3) is 0 Å². The van der Waals surface area contributed by atoms with Crippen molar-refractivity contribution in [3.63, 3.8) is 0 Å². The van der Waals surface area contributed by atoms with E-state index < -0.39 is 0 Å². The van der Waals surface area contributed by atoms with Gasteiger partial charge in [-0.05, 0) is 29.8 Å². The number of halogens is 1. The highest BCUT2D eigenvalue weighted by molar-refractivity contribution is 9.10. The van der Waals surface area contributed by atoms with Crippen molar-refractivity contribution < 1.29 is 0 Å². The summed E-state index contributed by atoms with van der Waals surface area (Å²) in [6.07, 6.45) is 2.04. The third kappa shape index (κ3) is 1.89. The Morgan fingerprint density at radius 1 is 1.33 bits per heavy atom. The van der Waals surface area contributed by atoms with Crippen molar-refractivity contribution in [3.8, 4) is 0 Å². The summed E-state index contributed by atoms with van der Waals surface area (Å²) >= 11 is 3.39. The van der Waals surface area contributed by atoms with Crippen LogP contribution in [0.4, 0.5) is 0 Å². The van der Waals surface area contributed by atoms with Crippen LogP contribution in [0.15, 0.2) is 10.8 Å². The van der Waals surface area contributed by atoms with Crippen molar-refractivity contribution in [1.29, 1.82) is 0 Å². The fourth-order valence-corrected chi connectivity index (χ4v) is 1.62. The third-order valence-electron chi connectivity index (χ3n) is 1.80. The topological polar surface area (TPSA) is 17.8 Å². The Balaban J connectivity index is 3.08. The molecule has 0 amide bonds. The summed E-state index contributed by atoms with van der Waals surface area (Å²) in [5.41, 5.74) is 0. The van der Waals surface area contributed by atoms with E-state index in [1.807, 2.05) is 6.20 Å². The van der Waals surface area contributed by atoms with Crippen LogP contribution in [0.3, 0.4) is 0 Å². The van der Waals surface area contributed by atoms with Crippen molar-refractivity contribution in [2.75, 3.05) is 0 Å². The summed E-state index contributed by atoms with van der Waals surface area (Å²) in [6.45, 7) is 8.65. The zero-order valence-corrected chi connectivity index (χ0v) is 9.59. The van der Waals surface area contributed by atoms with Crippen LogP contribution in [0, 0.1) is 0 Å². The molecular formula is C9H15BrN2. The Hall–Kier alpha value is -0.310. The van der Waals surface area contributed by atoms with Crippen LogP contribution in [-0.2, 0) is 0 Å². The highest BCUT2D eigenvalue weighted by Gasteiger charge is 2.11. The Morgan fingerprint density at radius 2 is 1.92 bits per heavy atom. The average molecular weight is 231 g/mol. The van der Waals surface area contributed by atoms with Gasteiger partial charge < -0.3 is 4.57 Å². The van der Waals surface area contributed by atoms with Crippen molar-refractivity contribution in [2.45, 2.75) is 39.7 Å². The first-order valence-electron chi connectivity index (χ1n) is 4.26. The molecule has 0 aromatic carbocycles. The monoisotopic (exact) mass is 230 g/mol. The van der Waals surface area contributed by atoms with Gasteiger partial charge in [-0.1, -0.05) is 13.8 Å². The standard InChI is InChI=1S/C9H15BrN2/c1-6(2)9-11-8(10)5-12(9)7(3)4/h5-7H,1-4H3. The van der Waals surface area contributed by atoms with Gasteiger partial charge in [0.2, 0.25) is 0 Å². The van der Waals surface area contributed by atoms with Gasteiger partial charge in [-0.15, -0.1) is 0 Å². The first-order chi connectivity index (χ1) is 5.52. The molecule has 0 saturated carbocycles. The molecule has 0 atom stereocenters.